The minimum absolute atomic E-state index is 0.0583. The summed E-state index contributed by atoms with van der Waals surface area (Å²) < 4.78 is 86.8. The Morgan fingerprint density at radius 1 is 0.773 bits per heavy atom. The quantitative estimate of drug-likeness (QED) is 0.316. The van der Waals surface area contributed by atoms with Crippen LogP contribution in [0.4, 0.5) is 37.7 Å². The second kappa shape index (κ2) is 13.9. The van der Waals surface area contributed by atoms with E-state index < -0.39 is 60.6 Å². The Labute approximate surface area is 247 Å². The number of hydrogen-bond acceptors (Lipinski definition) is 10. The molecule has 16 heteroatoms. The first-order chi connectivity index (χ1) is 20.7. The summed E-state index contributed by atoms with van der Waals surface area (Å²) in [6.07, 6.45) is -10.4. The van der Waals surface area contributed by atoms with Crippen LogP contribution in [-0.2, 0) is 19.1 Å². The Kier molecular flexibility index (Phi) is 10.5. The number of hydrazone groups is 2. The predicted octanol–water partition coefficient (Wildman–Crippen LogP) is 5.24. The minimum Gasteiger partial charge on any atom is -0.464 e. The lowest BCUT2D eigenvalue weighted by Crippen LogP contribution is -2.36. The van der Waals surface area contributed by atoms with Gasteiger partial charge in [0.1, 0.15) is 11.4 Å². The maximum absolute atomic E-state index is 12.9. The number of rotatable bonds is 6. The summed E-state index contributed by atoms with van der Waals surface area (Å²) in [5, 5.41) is 26.7. The van der Waals surface area contributed by atoms with E-state index in [0.29, 0.717) is 0 Å². The molecule has 2 heterocycles. The van der Waals surface area contributed by atoms with Crippen LogP contribution in [0.5, 0.6) is 0 Å². The van der Waals surface area contributed by atoms with E-state index in [2.05, 4.69) is 10.2 Å². The molecule has 2 aromatic rings. The first-order valence-corrected chi connectivity index (χ1v) is 12.9. The molecule has 10 nitrogen and oxygen atoms in total. The number of ether oxygens (including phenoxy) is 2. The number of carbonyl (C=O) groups excluding carboxylic acids is 2. The minimum atomic E-state index is -4.62. The Bertz CT molecular complexity index is 1410. The average Bonchev–Trinajstić information content (AvgIpc) is 3.64. The summed E-state index contributed by atoms with van der Waals surface area (Å²) in [5.74, 6) is -1.57. The van der Waals surface area contributed by atoms with E-state index in [1.165, 1.54) is 48.5 Å². The molecule has 232 valence electrons. The SMILES string of the molecule is CCOC(=O)C1CC(C(F)(F)F)=NN1c1cccc(C#N)c1.CCOC(=O)C1CC(C(F)(F)F)=NN1c1cccc(C#N)c1. The Balaban J connectivity index is 0.000000240. The molecule has 2 aliphatic heterocycles. The highest BCUT2D eigenvalue weighted by Gasteiger charge is 2.47. The van der Waals surface area contributed by atoms with Crippen molar-refractivity contribution in [2.24, 2.45) is 10.2 Å². The second-order valence-corrected chi connectivity index (χ2v) is 9.05. The molecule has 0 bridgehead atoms. The molecule has 2 aromatic carbocycles. The van der Waals surface area contributed by atoms with Crippen LogP contribution in [0.15, 0.2) is 58.7 Å². The maximum atomic E-state index is 12.9. The van der Waals surface area contributed by atoms with Gasteiger partial charge in [-0.05, 0) is 50.2 Å². The molecule has 0 saturated heterocycles. The number of halogens is 6. The number of nitrogens with zero attached hydrogens (tertiary/aromatic N) is 6. The Morgan fingerprint density at radius 3 is 1.43 bits per heavy atom. The fourth-order valence-electron chi connectivity index (χ4n) is 4.12. The summed E-state index contributed by atoms with van der Waals surface area (Å²) >= 11 is 0. The third kappa shape index (κ3) is 8.03. The highest BCUT2D eigenvalue weighted by Crippen LogP contribution is 2.33. The van der Waals surface area contributed by atoms with Gasteiger partial charge in [-0.2, -0.15) is 47.1 Å². The van der Waals surface area contributed by atoms with E-state index >= 15 is 0 Å². The van der Waals surface area contributed by atoms with Gasteiger partial charge in [0.2, 0.25) is 0 Å². The van der Waals surface area contributed by atoms with Gasteiger partial charge < -0.3 is 9.47 Å². The van der Waals surface area contributed by atoms with Crippen molar-refractivity contribution in [3.63, 3.8) is 0 Å². The van der Waals surface area contributed by atoms with Crippen molar-refractivity contribution in [2.45, 2.75) is 51.1 Å². The van der Waals surface area contributed by atoms with Crippen molar-refractivity contribution in [1.82, 2.24) is 0 Å². The van der Waals surface area contributed by atoms with Crippen molar-refractivity contribution >= 4 is 34.7 Å². The number of hydrogen-bond donors (Lipinski definition) is 0. The third-order valence-corrected chi connectivity index (χ3v) is 6.07. The number of anilines is 2. The third-order valence-electron chi connectivity index (χ3n) is 6.07. The van der Waals surface area contributed by atoms with Crippen molar-refractivity contribution in [1.29, 1.82) is 10.5 Å². The van der Waals surface area contributed by atoms with E-state index in [0.717, 1.165) is 10.0 Å². The zero-order valence-corrected chi connectivity index (χ0v) is 23.2. The molecule has 44 heavy (non-hydrogen) atoms. The fourth-order valence-corrected chi connectivity index (χ4v) is 4.12. The Hall–Kier alpha value is -5.12. The molecular formula is C28H24F6N6O4. The zero-order chi connectivity index (χ0) is 32.7. The van der Waals surface area contributed by atoms with E-state index in [1.807, 2.05) is 12.1 Å². The number of nitriles is 2. The zero-order valence-electron chi connectivity index (χ0n) is 23.2. The number of benzene rings is 2. The lowest BCUT2D eigenvalue weighted by atomic mass is 10.1. The summed E-state index contributed by atoms with van der Waals surface area (Å²) in [6, 6.07) is 13.1. The fraction of sp³-hybridized carbons (Fsp3) is 0.357. The second-order valence-electron chi connectivity index (χ2n) is 9.05. The van der Waals surface area contributed by atoms with Crippen LogP contribution < -0.4 is 10.0 Å². The molecule has 2 aliphatic rings. The van der Waals surface area contributed by atoms with Gasteiger partial charge in [0.05, 0.1) is 47.9 Å². The van der Waals surface area contributed by atoms with Crippen molar-refractivity contribution in [3.05, 3.63) is 59.7 Å². The predicted molar refractivity (Wildman–Crippen MR) is 144 cm³/mol. The highest BCUT2D eigenvalue weighted by atomic mass is 19.4. The van der Waals surface area contributed by atoms with E-state index in [-0.39, 0.29) is 35.7 Å². The topological polar surface area (TPSA) is 131 Å². The molecule has 0 saturated carbocycles. The van der Waals surface area contributed by atoms with E-state index in [9.17, 15) is 35.9 Å². The van der Waals surface area contributed by atoms with Crippen LogP contribution in [-0.4, -0.2) is 61.0 Å². The monoisotopic (exact) mass is 622 g/mol. The first-order valence-electron chi connectivity index (χ1n) is 12.9. The van der Waals surface area contributed by atoms with Gasteiger partial charge in [-0.3, -0.25) is 10.0 Å². The van der Waals surface area contributed by atoms with E-state index in [4.69, 9.17) is 20.0 Å². The van der Waals surface area contributed by atoms with Crippen LogP contribution in [0.2, 0.25) is 0 Å². The molecule has 0 amide bonds. The molecule has 0 N–H and O–H groups in total. The van der Waals surface area contributed by atoms with Crippen LogP contribution in [0.3, 0.4) is 0 Å². The molecule has 4 rings (SSSR count). The molecule has 0 aromatic heterocycles. The van der Waals surface area contributed by atoms with Gasteiger partial charge in [-0.1, -0.05) is 12.1 Å². The average molecular weight is 623 g/mol. The summed E-state index contributed by atoms with van der Waals surface area (Å²) in [6.45, 7) is 3.25. The van der Waals surface area contributed by atoms with Crippen molar-refractivity contribution in [3.8, 4) is 12.1 Å². The number of carbonyl (C=O) groups is 2. The van der Waals surface area contributed by atoms with Gasteiger partial charge in [0.25, 0.3) is 0 Å². The molecule has 2 unspecified atom stereocenters. The van der Waals surface area contributed by atoms with Crippen molar-refractivity contribution in [2.75, 3.05) is 23.2 Å². The lowest BCUT2D eigenvalue weighted by molar-refractivity contribution is -0.145. The largest absolute Gasteiger partial charge is 0.464 e. The molecular weight excluding hydrogens is 598 g/mol. The van der Waals surface area contributed by atoms with Gasteiger partial charge in [0.15, 0.2) is 12.1 Å². The van der Waals surface area contributed by atoms with Crippen LogP contribution in [0.25, 0.3) is 0 Å². The van der Waals surface area contributed by atoms with Crippen LogP contribution in [0, 0.1) is 22.7 Å². The van der Waals surface area contributed by atoms with E-state index in [1.54, 1.807) is 13.8 Å². The molecule has 0 aliphatic carbocycles. The van der Waals surface area contributed by atoms with Gasteiger partial charge in [-0.25, -0.2) is 9.59 Å². The summed E-state index contributed by atoms with van der Waals surface area (Å²) in [5.41, 5.74) is -1.11. The first kappa shape index (κ1) is 33.4. The normalized spacial score (nSPS) is 17.9. The standard InChI is InChI=1S/2C14H12F3N3O2/c2*1-2-22-13(21)11-7-12(14(15,16)17)19-20(11)10-5-3-4-9(6-10)8-18/h2*3-6,11H,2,7H2,1H3. The molecule has 0 fully saturated rings. The highest BCUT2D eigenvalue weighted by molar-refractivity contribution is 6.00. The molecule has 0 radical (unpaired) electrons. The number of alkyl halides is 6. The van der Waals surface area contributed by atoms with Gasteiger partial charge in [-0.15, -0.1) is 0 Å². The number of esters is 2. The Morgan fingerprint density at radius 2 is 1.14 bits per heavy atom. The lowest BCUT2D eigenvalue weighted by Gasteiger charge is -2.21. The maximum Gasteiger partial charge on any atom is 0.431 e. The smallest absolute Gasteiger partial charge is 0.431 e. The summed E-state index contributed by atoms with van der Waals surface area (Å²) in [7, 11) is 0. The summed E-state index contributed by atoms with van der Waals surface area (Å²) in [4.78, 5) is 23.8. The van der Waals surface area contributed by atoms with Crippen molar-refractivity contribution < 1.29 is 45.4 Å². The van der Waals surface area contributed by atoms with Crippen LogP contribution >= 0.6 is 0 Å². The molecule has 2 atom stereocenters. The molecule has 0 spiro atoms. The van der Waals surface area contributed by atoms with Crippen LogP contribution in [0.1, 0.15) is 37.8 Å². The van der Waals surface area contributed by atoms with Gasteiger partial charge >= 0.3 is 24.3 Å². The van der Waals surface area contributed by atoms with Gasteiger partial charge in [0, 0.05) is 12.8 Å².